The monoisotopic (exact) mass is 318 g/mol. The number of benzene rings is 2. The van der Waals surface area contributed by atoms with Crippen LogP contribution in [0.15, 0.2) is 58.3 Å². The Morgan fingerprint density at radius 1 is 0.762 bits per heavy atom. The van der Waals surface area contributed by atoms with Crippen molar-refractivity contribution in [1.82, 2.24) is 0 Å². The average Bonchev–Trinajstić information content (AvgIpc) is 2.51. The number of hydrogen-bond donors (Lipinski definition) is 0. The van der Waals surface area contributed by atoms with E-state index >= 15 is 0 Å². The van der Waals surface area contributed by atoms with Gasteiger partial charge in [-0.15, -0.1) is 23.5 Å². The SMILES string of the molecule is CCSc1ccccc1OBOc1ccccc1SCC. The van der Waals surface area contributed by atoms with Crippen molar-refractivity contribution in [2.45, 2.75) is 23.6 Å². The Balaban J connectivity index is 1.95. The van der Waals surface area contributed by atoms with Gasteiger partial charge in [0.2, 0.25) is 0 Å². The zero-order chi connectivity index (χ0) is 14.9. The van der Waals surface area contributed by atoms with Gasteiger partial charge < -0.3 is 9.31 Å². The highest BCUT2D eigenvalue weighted by Gasteiger charge is 2.07. The lowest BCUT2D eigenvalue weighted by molar-refractivity contribution is 0.447. The van der Waals surface area contributed by atoms with Gasteiger partial charge in [-0.2, -0.15) is 0 Å². The van der Waals surface area contributed by atoms with Crippen LogP contribution in [0.3, 0.4) is 0 Å². The van der Waals surface area contributed by atoms with Crippen molar-refractivity contribution < 1.29 is 9.31 Å². The quantitative estimate of drug-likeness (QED) is 0.521. The average molecular weight is 318 g/mol. The summed E-state index contributed by atoms with van der Waals surface area (Å²) in [6.07, 6.45) is 0. The van der Waals surface area contributed by atoms with E-state index in [1.165, 1.54) is 0 Å². The van der Waals surface area contributed by atoms with Crippen LogP contribution in [0.2, 0.25) is 0 Å². The Bertz CT molecular complexity index is 514. The maximum atomic E-state index is 5.77. The van der Waals surface area contributed by atoms with Crippen LogP contribution >= 0.6 is 23.5 Å². The van der Waals surface area contributed by atoms with Crippen molar-refractivity contribution in [3.8, 4) is 11.5 Å². The first kappa shape index (κ1) is 16.2. The van der Waals surface area contributed by atoms with Crippen molar-refractivity contribution in [1.29, 1.82) is 0 Å². The highest BCUT2D eigenvalue weighted by Crippen LogP contribution is 2.30. The van der Waals surface area contributed by atoms with Crippen LogP contribution in [-0.2, 0) is 0 Å². The first-order valence-electron chi connectivity index (χ1n) is 7.04. The Labute approximate surface area is 135 Å². The van der Waals surface area contributed by atoms with Gasteiger partial charge in [-0.1, -0.05) is 38.1 Å². The zero-order valence-corrected chi connectivity index (χ0v) is 14.0. The second-order valence-corrected chi connectivity index (χ2v) is 6.78. The number of para-hydroxylation sites is 2. The second kappa shape index (κ2) is 8.95. The molecule has 0 atom stereocenters. The molecule has 0 aliphatic heterocycles. The first-order chi connectivity index (χ1) is 10.3. The van der Waals surface area contributed by atoms with E-state index in [9.17, 15) is 0 Å². The third-order valence-corrected chi connectivity index (χ3v) is 4.60. The van der Waals surface area contributed by atoms with E-state index in [0.717, 1.165) is 32.8 Å². The Hall–Kier alpha value is -1.20. The van der Waals surface area contributed by atoms with Crippen LogP contribution in [0.25, 0.3) is 0 Å². The van der Waals surface area contributed by atoms with Gasteiger partial charge in [-0.3, -0.25) is 0 Å². The van der Waals surface area contributed by atoms with Gasteiger partial charge in [0.25, 0.3) is 0 Å². The van der Waals surface area contributed by atoms with Crippen LogP contribution in [0.5, 0.6) is 11.5 Å². The normalized spacial score (nSPS) is 10.2. The molecule has 5 heteroatoms. The van der Waals surface area contributed by atoms with Gasteiger partial charge >= 0.3 is 7.69 Å². The molecule has 0 saturated heterocycles. The Kier molecular flexibility index (Phi) is 6.90. The van der Waals surface area contributed by atoms with Crippen molar-refractivity contribution in [3.05, 3.63) is 48.5 Å². The Morgan fingerprint density at radius 2 is 1.19 bits per heavy atom. The molecule has 0 aliphatic carbocycles. The highest BCUT2D eigenvalue weighted by molar-refractivity contribution is 7.99. The van der Waals surface area contributed by atoms with Gasteiger partial charge in [0.15, 0.2) is 0 Å². The van der Waals surface area contributed by atoms with E-state index < -0.39 is 0 Å². The predicted molar refractivity (Wildman–Crippen MR) is 94.1 cm³/mol. The van der Waals surface area contributed by atoms with Gasteiger partial charge in [0.05, 0.1) is 0 Å². The van der Waals surface area contributed by atoms with Crippen LogP contribution in [-0.4, -0.2) is 19.2 Å². The van der Waals surface area contributed by atoms with Gasteiger partial charge in [-0.25, -0.2) is 0 Å². The molecule has 0 spiro atoms. The van der Waals surface area contributed by atoms with Crippen LogP contribution in [0.1, 0.15) is 13.8 Å². The fourth-order valence-electron chi connectivity index (χ4n) is 1.84. The molecule has 0 fully saturated rings. The van der Waals surface area contributed by atoms with E-state index in [1.54, 1.807) is 23.5 Å². The molecule has 0 amide bonds. The van der Waals surface area contributed by atoms with Gasteiger partial charge in [0.1, 0.15) is 11.5 Å². The molecular weight excluding hydrogens is 299 g/mol. The maximum absolute atomic E-state index is 5.77. The molecule has 0 aromatic heterocycles. The summed E-state index contributed by atoms with van der Waals surface area (Å²) in [6, 6.07) is 16.1. The lowest BCUT2D eigenvalue weighted by atomic mass is 10.3. The smallest absolute Gasteiger partial charge is 0.528 e. The van der Waals surface area contributed by atoms with Gasteiger partial charge in [0, 0.05) is 9.79 Å². The number of hydrogen-bond acceptors (Lipinski definition) is 4. The lowest BCUT2D eigenvalue weighted by Crippen LogP contribution is -2.11. The van der Waals surface area contributed by atoms with E-state index in [-0.39, 0.29) is 7.69 Å². The van der Waals surface area contributed by atoms with Gasteiger partial charge in [-0.05, 0) is 35.8 Å². The minimum absolute atomic E-state index is 0.225. The molecular formula is C16H19BO2S2. The third-order valence-electron chi connectivity index (χ3n) is 2.73. The van der Waals surface area contributed by atoms with Crippen LogP contribution < -0.4 is 9.31 Å². The van der Waals surface area contributed by atoms with E-state index in [1.807, 2.05) is 36.4 Å². The summed E-state index contributed by atoms with van der Waals surface area (Å²) < 4.78 is 11.5. The van der Waals surface area contributed by atoms with Crippen molar-refractivity contribution in [3.63, 3.8) is 0 Å². The predicted octanol–water partition coefficient (Wildman–Crippen LogP) is 4.63. The summed E-state index contributed by atoms with van der Waals surface area (Å²) in [5, 5.41) is 0. The largest absolute Gasteiger partial charge is 0.576 e. The molecule has 0 heterocycles. The second-order valence-electron chi connectivity index (χ2n) is 4.17. The third kappa shape index (κ3) is 4.93. The minimum Gasteiger partial charge on any atom is -0.528 e. The molecule has 110 valence electrons. The molecule has 0 aliphatic rings. The number of rotatable bonds is 8. The first-order valence-corrected chi connectivity index (χ1v) is 9.01. The molecule has 0 radical (unpaired) electrons. The summed E-state index contributed by atoms with van der Waals surface area (Å²) >= 11 is 3.55. The fourth-order valence-corrected chi connectivity index (χ4v) is 3.35. The zero-order valence-electron chi connectivity index (χ0n) is 12.4. The molecule has 0 N–H and O–H groups in total. The summed E-state index contributed by atoms with van der Waals surface area (Å²) in [7, 11) is 0.225. The maximum Gasteiger partial charge on any atom is 0.576 e. The molecule has 21 heavy (non-hydrogen) atoms. The molecule has 0 saturated carbocycles. The lowest BCUT2D eigenvalue weighted by Gasteiger charge is -2.12. The van der Waals surface area contributed by atoms with E-state index in [4.69, 9.17) is 9.31 Å². The van der Waals surface area contributed by atoms with E-state index in [2.05, 4.69) is 26.0 Å². The Morgan fingerprint density at radius 3 is 1.62 bits per heavy atom. The van der Waals surface area contributed by atoms with E-state index in [0.29, 0.717) is 0 Å². The molecule has 2 nitrogen and oxygen atoms in total. The summed E-state index contributed by atoms with van der Waals surface area (Å²) in [5.41, 5.74) is 0. The summed E-state index contributed by atoms with van der Waals surface area (Å²) in [4.78, 5) is 2.31. The highest BCUT2D eigenvalue weighted by atomic mass is 32.2. The van der Waals surface area contributed by atoms with Crippen molar-refractivity contribution in [2.75, 3.05) is 11.5 Å². The molecule has 0 unspecified atom stereocenters. The standard InChI is InChI=1S/C16H19BO2S2/c1-3-20-15-11-7-5-9-13(15)18-17-19-14-10-6-8-12-16(14)21-4-2/h5-12,17H,3-4H2,1-2H3. The minimum atomic E-state index is 0.225. The van der Waals surface area contributed by atoms with Crippen LogP contribution in [0.4, 0.5) is 0 Å². The topological polar surface area (TPSA) is 18.5 Å². The number of thioether (sulfide) groups is 2. The molecule has 0 bridgehead atoms. The van der Waals surface area contributed by atoms with Crippen LogP contribution in [0, 0.1) is 0 Å². The fraction of sp³-hybridized carbons (Fsp3) is 0.250. The molecule has 2 rings (SSSR count). The van der Waals surface area contributed by atoms with Crippen molar-refractivity contribution in [2.24, 2.45) is 0 Å². The summed E-state index contributed by atoms with van der Waals surface area (Å²) in [6.45, 7) is 4.27. The molecule has 2 aromatic rings. The van der Waals surface area contributed by atoms with Crippen molar-refractivity contribution >= 4 is 31.2 Å². The summed E-state index contributed by atoms with van der Waals surface area (Å²) in [5.74, 6) is 3.81. The molecule has 2 aromatic carbocycles.